The Morgan fingerprint density at radius 2 is 1.85 bits per heavy atom. The molecule has 0 spiro atoms. The minimum Gasteiger partial charge on any atom is -0.449 e. The Balaban J connectivity index is 2.22. The predicted octanol–water partition coefficient (Wildman–Crippen LogP) is 2.86. The number of halogens is 4. The number of nitrogens with zero attached hydrogens (tertiary/aromatic N) is 1. The number of carbonyl (C=O) groups excluding carboxylic acids is 2. The number of likely N-dealkylation sites (tertiary alicyclic amines) is 1. The van der Waals surface area contributed by atoms with Gasteiger partial charge in [0.05, 0.1) is 12.1 Å². The van der Waals surface area contributed by atoms with E-state index in [0.29, 0.717) is 12.0 Å². The largest absolute Gasteiger partial charge is 0.449 e. The summed E-state index contributed by atoms with van der Waals surface area (Å²) in [6.07, 6.45) is -4.62. The maximum atomic E-state index is 13.2. The van der Waals surface area contributed by atoms with Gasteiger partial charge in [0.25, 0.3) is 0 Å². The van der Waals surface area contributed by atoms with Crippen LogP contribution in [0, 0.1) is 11.7 Å². The van der Waals surface area contributed by atoms with Crippen molar-refractivity contribution in [3.63, 3.8) is 0 Å². The van der Waals surface area contributed by atoms with E-state index in [9.17, 15) is 27.2 Å². The highest BCUT2D eigenvalue weighted by Gasteiger charge is 2.40. The van der Waals surface area contributed by atoms with Crippen LogP contribution in [0.2, 0.25) is 0 Å². The molecule has 3 atom stereocenters. The molecule has 0 aliphatic carbocycles. The third-order valence-corrected chi connectivity index (χ3v) is 4.31. The van der Waals surface area contributed by atoms with Gasteiger partial charge in [0.1, 0.15) is 5.82 Å². The lowest BCUT2D eigenvalue weighted by molar-refractivity contribution is -0.190. The van der Waals surface area contributed by atoms with Crippen LogP contribution < -0.4 is 0 Å². The number of amides is 1. The maximum absolute atomic E-state index is 13.2. The van der Waals surface area contributed by atoms with E-state index in [1.54, 1.807) is 6.92 Å². The van der Waals surface area contributed by atoms with Crippen LogP contribution in [0.25, 0.3) is 0 Å². The molecule has 1 amide bonds. The molecule has 0 radical (unpaired) electrons. The summed E-state index contributed by atoms with van der Waals surface area (Å²) < 4.78 is 59.2. The molecule has 0 saturated carbocycles. The number of esters is 1. The third-order valence-electron chi connectivity index (χ3n) is 4.31. The molecule has 1 aliphatic rings. The van der Waals surface area contributed by atoms with E-state index in [1.807, 2.05) is 0 Å². The Labute approximate surface area is 147 Å². The second-order valence-electron chi connectivity index (χ2n) is 6.20. The highest BCUT2D eigenvalue weighted by Crippen LogP contribution is 2.35. The SMILES string of the molecule is COC1CC(c2ccc(F)cc2)N(C(=O)C(=O)OCC(F)(F)F)CC1C. The molecule has 0 aromatic heterocycles. The molecule has 1 fully saturated rings. The standard InChI is InChI=1S/C17H19F4NO4/c1-10-8-22(15(23)16(24)26-9-17(19,20)21)13(7-14(10)25-2)11-3-5-12(18)6-4-11/h3-6,10,13-14H,7-9H2,1-2H3. The van der Waals surface area contributed by atoms with Crippen LogP contribution >= 0.6 is 0 Å². The smallest absolute Gasteiger partial charge is 0.422 e. The molecule has 0 N–H and O–H groups in total. The third kappa shape index (κ3) is 4.94. The molecule has 9 heteroatoms. The zero-order valence-electron chi connectivity index (χ0n) is 14.3. The topological polar surface area (TPSA) is 55.8 Å². The Bertz CT molecular complexity index is 647. The summed E-state index contributed by atoms with van der Waals surface area (Å²) in [4.78, 5) is 25.3. The first kappa shape index (κ1) is 20.2. The molecule has 0 bridgehead atoms. The van der Waals surface area contributed by atoms with E-state index < -0.39 is 36.5 Å². The van der Waals surface area contributed by atoms with Crippen molar-refractivity contribution in [2.75, 3.05) is 20.3 Å². The molecule has 1 saturated heterocycles. The van der Waals surface area contributed by atoms with Crippen molar-refractivity contribution in [1.82, 2.24) is 4.90 Å². The van der Waals surface area contributed by atoms with Crippen molar-refractivity contribution in [1.29, 1.82) is 0 Å². The average molecular weight is 377 g/mol. The molecule has 1 aliphatic heterocycles. The molecule has 26 heavy (non-hydrogen) atoms. The van der Waals surface area contributed by atoms with Gasteiger partial charge in [0.2, 0.25) is 0 Å². The number of carbonyl (C=O) groups is 2. The first-order valence-corrected chi connectivity index (χ1v) is 7.95. The van der Waals surface area contributed by atoms with Gasteiger partial charge < -0.3 is 14.4 Å². The van der Waals surface area contributed by atoms with Gasteiger partial charge in [-0.25, -0.2) is 9.18 Å². The molecule has 2 rings (SSSR count). The van der Waals surface area contributed by atoms with E-state index >= 15 is 0 Å². The minimum absolute atomic E-state index is 0.0977. The molecule has 3 unspecified atom stereocenters. The Morgan fingerprint density at radius 1 is 1.23 bits per heavy atom. The zero-order valence-corrected chi connectivity index (χ0v) is 14.3. The van der Waals surface area contributed by atoms with Crippen LogP contribution in [0.4, 0.5) is 17.6 Å². The van der Waals surface area contributed by atoms with Crippen LogP contribution in [0.3, 0.4) is 0 Å². The van der Waals surface area contributed by atoms with Crippen molar-refractivity contribution in [2.24, 2.45) is 5.92 Å². The molecular formula is C17H19F4NO4. The van der Waals surface area contributed by atoms with Gasteiger partial charge in [0, 0.05) is 19.6 Å². The highest BCUT2D eigenvalue weighted by molar-refractivity contribution is 6.32. The Kier molecular flexibility index (Phi) is 6.22. The van der Waals surface area contributed by atoms with Crippen LogP contribution in [-0.2, 0) is 19.1 Å². The Hall–Kier alpha value is -2.16. The first-order valence-electron chi connectivity index (χ1n) is 7.95. The van der Waals surface area contributed by atoms with E-state index in [2.05, 4.69) is 4.74 Å². The highest BCUT2D eigenvalue weighted by atomic mass is 19.4. The number of methoxy groups -OCH3 is 1. The van der Waals surface area contributed by atoms with Gasteiger partial charge in [-0.15, -0.1) is 0 Å². The summed E-state index contributed by atoms with van der Waals surface area (Å²) >= 11 is 0. The second kappa shape index (κ2) is 8.03. The van der Waals surface area contributed by atoms with Gasteiger partial charge in [-0.2, -0.15) is 13.2 Å². The van der Waals surface area contributed by atoms with Crippen molar-refractivity contribution in [2.45, 2.75) is 31.7 Å². The van der Waals surface area contributed by atoms with Crippen molar-refractivity contribution in [3.8, 4) is 0 Å². The summed E-state index contributed by atoms with van der Waals surface area (Å²) in [6, 6.07) is 4.70. The predicted molar refractivity (Wildman–Crippen MR) is 82.4 cm³/mol. The van der Waals surface area contributed by atoms with E-state index in [1.165, 1.54) is 31.4 Å². The lowest BCUT2D eigenvalue weighted by Crippen LogP contribution is -2.50. The van der Waals surface area contributed by atoms with Crippen LogP contribution in [-0.4, -0.2) is 49.3 Å². The van der Waals surface area contributed by atoms with E-state index in [4.69, 9.17) is 4.74 Å². The van der Waals surface area contributed by atoms with Crippen molar-refractivity contribution < 1.29 is 36.6 Å². The normalized spacial score (nSPS) is 23.6. The number of hydrogen-bond acceptors (Lipinski definition) is 4. The summed E-state index contributed by atoms with van der Waals surface area (Å²) in [5.41, 5.74) is 0.553. The second-order valence-corrected chi connectivity index (χ2v) is 6.20. The van der Waals surface area contributed by atoms with Crippen LogP contribution in [0.5, 0.6) is 0 Å². The fraction of sp³-hybridized carbons (Fsp3) is 0.529. The van der Waals surface area contributed by atoms with Crippen LogP contribution in [0.1, 0.15) is 24.9 Å². The number of piperidine rings is 1. The summed E-state index contributed by atoms with van der Waals surface area (Å²) in [6.45, 7) is 0.0692. The average Bonchev–Trinajstić information content (AvgIpc) is 2.59. The molecule has 1 aromatic carbocycles. The van der Waals surface area contributed by atoms with E-state index in [0.717, 1.165) is 4.90 Å². The minimum atomic E-state index is -4.72. The fourth-order valence-corrected chi connectivity index (χ4v) is 3.01. The van der Waals surface area contributed by atoms with Gasteiger partial charge >= 0.3 is 18.1 Å². The molecule has 144 valence electrons. The van der Waals surface area contributed by atoms with Gasteiger partial charge in [-0.3, -0.25) is 4.79 Å². The molecular weight excluding hydrogens is 358 g/mol. The van der Waals surface area contributed by atoms with Crippen LogP contribution in [0.15, 0.2) is 24.3 Å². The lowest BCUT2D eigenvalue weighted by atomic mass is 9.87. The quantitative estimate of drug-likeness (QED) is 0.462. The van der Waals surface area contributed by atoms with Crippen molar-refractivity contribution >= 4 is 11.9 Å². The fourth-order valence-electron chi connectivity index (χ4n) is 3.01. The van der Waals surface area contributed by atoms with E-state index in [-0.39, 0.29) is 18.6 Å². The lowest BCUT2D eigenvalue weighted by Gasteiger charge is -2.42. The maximum Gasteiger partial charge on any atom is 0.422 e. The number of rotatable bonds is 3. The monoisotopic (exact) mass is 377 g/mol. The summed E-state index contributed by atoms with van der Waals surface area (Å²) in [5.74, 6) is -3.35. The number of alkyl halides is 3. The van der Waals surface area contributed by atoms with Gasteiger partial charge in [-0.1, -0.05) is 19.1 Å². The van der Waals surface area contributed by atoms with Gasteiger partial charge in [-0.05, 0) is 24.1 Å². The first-order chi connectivity index (χ1) is 12.1. The molecule has 1 heterocycles. The number of benzene rings is 1. The summed E-state index contributed by atoms with van der Waals surface area (Å²) in [5, 5.41) is 0. The molecule has 1 aromatic rings. The zero-order chi connectivity index (χ0) is 19.5. The number of ether oxygens (including phenoxy) is 2. The van der Waals surface area contributed by atoms with Crippen molar-refractivity contribution in [3.05, 3.63) is 35.6 Å². The van der Waals surface area contributed by atoms with Gasteiger partial charge in [0.15, 0.2) is 6.61 Å². The Morgan fingerprint density at radius 3 is 2.38 bits per heavy atom. The molecule has 5 nitrogen and oxygen atoms in total. The summed E-state index contributed by atoms with van der Waals surface area (Å²) in [7, 11) is 1.51. The number of hydrogen-bond donors (Lipinski definition) is 0.